The fourth-order valence-electron chi connectivity index (χ4n) is 2.19. The molecule has 3 N–H and O–H groups in total. The summed E-state index contributed by atoms with van der Waals surface area (Å²) in [5.74, 6) is -0.582. The van der Waals surface area contributed by atoms with E-state index in [9.17, 15) is 14.4 Å². The number of hydrogen-bond donors (Lipinski definition) is 3. The Morgan fingerprint density at radius 2 is 1.52 bits per heavy atom. The van der Waals surface area contributed by atoms with Crippen LogP contribution in [0.25, 0.3) is 0 Å². The SMILES string of the molecule is CC(=O)c1ccc(NC(=O)c2nnsc2NC(=O)Nc2ccccc2)cc1. The van der Waals surface area contributed by atoms with E-state index in [0.29, 0.717) is 16.9 Å². The molecule has 0 radical (unpaired) electrons. The first-order valence-corrected chi connectivity index (χ1v) is 8.68. The van der Waals surface area contributed by atoms with Crippen molar-refractivity contribution in [3.8, 4) is 0 Å². The van der Waals surface area contributed by atoms with Gasteiger partial charge >= 0.3 is 6.03 Å². The average Bonchev–Trinajstić information content (AvgIpc) is 3.11. The normalized spacial score (nSPS) is 10.1. The van der Waals surface area contributed by atoms with E-state index >= 15 is 0 Å². The fourth-order valence-corrected chi connectivity index (χ4v) is 2.75. The van der Waals surface area contributed by atoms with E-state index < -0.39 is 11.9 Å². The zero-order valence-electron chi connectivity index (χ0n) is 14.2. The molecule has 27 heavy (non-hydrogen) atoms. The van der Waals surface area contributed by atoms with Crippen molar-refractivity contribution in [3.63, 3.8) is 0 Å². The van der Waals surface area contributed by atoms with E-state index in [1.54, 1.807) is 48.5 Å². The van der Waals surface area contributed by atoms with Crippen molar-refractivity contribution in [3.05, 3.63) is 65.9 Å². The predicted octanol–water partition coefficient (Wildman–Crippen LogP) is 3.64. The quantitative estimate of drug-likeness (QED) is 0.584. The Kier molecular flexibility index (Phi) is 5.53. The van der Waals surface area contributed by atoms with Crippen LogP contribution in [0.1, 0.15) is 27.8 Å². The summed E-state index contributed by atoms with van der Waals surface area (Å²) in [4.78, 5) is 35.8. The minimum absolute atomic E-state index is 0.00106. The zero-order chi connectivity index (χ0) is 19.2. The van der Waals surface area contributed by atoms with Crippen LogP contribution >= 0.6 is 11.5 Å². The standard InChI is InChI=1S/C18H15N5O3S/c1-11(24)12-7-9-14(10-8-12)19-16(25)15-17(27-23-22-15)21-18(26)20-13-5-3-2-4-6-13/h2-10H,1H3,(H,19,25)(H2,20,21,26). The van der Waals surface area contributed by atoms with Crippen LogP contribution < -0.4 is 16.0 Å². The highest BCUT2D eigenvalue weighted by Gasteiger charge is 2.19. The van der Waals surface area contributed by atoms with Gasteiger partial charge in [0.2, 0.25) is 0 Å². The number of nitrogens with one attached hydrogen (secondary N) is 3. The van der Waals surface area contributed by atoms with Crippen LogP contribution in [0.2, 0.25) is 0 Å². The molecule has 0 unspecified atom stereocenters. The van der Waals surface area contributed by atoms with Gasteiger partial charge in [-0.2, -0.15) is 0 Å². The molecule has 1 aromatic heterocycles. The molecular formula is C18H15N5O3S. The number of carbonyl (C=O) groups excluding carboxylic acids is 3. The largest absolute Gasteiger partial charge is 0.324 e. The summed E-state index contributed by atoms with van der Waals surface area (Å²) in [5, 5.41) is 11.9. The molecule has 136 valence electrons. The molecule has 0 aliphatic rings. The van der Waals surface area contributed by atoms with Crippen LogP contribution in [0, 0.1) is 0 Å². The van der Waals surface area contributed by atoms with Gasteiger partial charge in [0.15, 0.2) is 16.5 Å². The van der Waals surface area contributed by atoms with Gasteiger partial charge in [0.1, 0.15) is 0 Å². The van der Waals surface area contributed by atoms with E-state index in [-0.39, 0.29) is 16.5 Å². The van der Waals surface area contributed by atoms with Crippen LogP contribution in [0.5, 0.6) is 0 Å². The van der Waals surface area contributed by atoms with Gasteiger partial charge in [-0.15, -0.1) is 5.10 Å². The third-order valence-electron chi connectivity index (χ3n) is 3.51. The van der Waals surface area contributed by atoms with Gasteiger partial charge in [0.25, 0.3) is 5.91 Å². The van der Waals surface area contributed by atoms with E-state index in [1.807, 2.05) is 6.07 Å². The average molecular weight is 381 g/mol. The smallest absolute Gasteiger partial charge is 0.320 e. The topological polar surface area (TPSA) is 113 Å². The maximum Gasteiger partial charge on any atom is 0.324 e. The van der Waals surface area contributed by atoms with Crippen molar-refractivity contribution < 1.29 is 14.4 Å². The molecule has 1 heterocycles. The maximum absolute atomic E-state index is 12.4. The number of amides is 3. The molecule has 3 rings (SSSR count). The molecule has 9 heteroatoms. The molecule has 8 nitrogen and oxygen atoms in total. The molecule has 0 atom stereocenters. The Bertz CT molecular complexity index is 970. The van der Waals surface area contributed by atoms with Gasteiger partial charge < -0.3 is 10.6 Å². The lowest BCUT2D eigenvalue weighted by Crippen LogP contribution is -2.21. The summed E-state index contributed by atoms with van der Waals surface area (Å²) in [5.41, 5.74) is 1.66. The van der Waals surface area contributed by atoms with Gasteiger partial charge in [-0.1, -0.05) is 22.7 Å². The van der Waals surface area contributed by atoms with Crippen LogP contribution in [0.15, 0.2) is 54.6 Å². The molecule has 0 saturated heterocycles. The Balaban J connectivity index is 1.65. The first-order chi connectivity index (χ1) is 13.0. The monoisotopic (exact) mass is 381 g/mol. The summed E-state index contributed by atoms with van der Waals surface area (Å²) >= 11 is 0.895. The molecule has 3 amide bonds. The lowest BCUT2D eigenvalue weighted by Gasteiger charge is -2.07. The summed E-state index contributed by atoms with van der Waals surface area (Å²) in [7, 11) is 0. The van der Waals surface area contributed by atoms with Crippen LogP contribution in [0.4, 0.5) is 21.2 Å². The first kappa shape index (κ1) is 18.2. The second-order valence-corrected chi connectivity index (χ2v) is 6.24. The van der Waals surface area contributed by atoms with E-state index in [0.717, 1.165) is 11.5 Å². The summed E-state index contributed by atoms with van der Waals surface area (Å²) in [6.07, 6.45) is 0. The Labute approximate surface area is 158 Å². The van der Waals surface area contributed by atoms with Crippen molar-refractivity contribution in [2.75, 3.05) is 16.0 Å². The summed E-state index contributed by atoms with van der Waals surface area (Å²) in [6.45, 7) is 1.47. The van der Waals surface area contributed by atoms with Gasteiger partial charge in [0, 0.05) is 28.5 Å². The molecule has 3 aromatic rings. The van der Waals surface area contributed by atoms with E-state index in [4.69, 9.17) is 0 Å². The predicted molar refractivity (Wildman–Crippen MR) is 103 cm³/mol. The van der Waals surface area contributed by atoms with Crippen LogP contribution in [-0.2, 0) is 0 Å². The van der Waals surface area contributed by atoms with E-state index in [2.05, 4.69) is 25.5 Å². The number of para-hydroxylation sites is 1. The van der Waals surface area contributed by atoms with Crippen molar-refractivity contribution in [2.24, 2.45) is 0 Å². The Morgan fingerprint density at radius 1 is 0.852 bits per heavy atom. The molecule has 0 bridgehead atoms. The number of rotatable bonds is 5. The lowest BCUT2D eigenvalue weighted by atomic mass is 10.1. The van der Waals surface area contributed by atoms with Gasteiger partial charge in [-0.3, -0.25) is 14.9 Å². The molecule has 2 aromatic carbocycles. The van der Waals surface area contributed by atoms with Gasteiger partial charge in [0.05, 0.1) is 0 Å². The number of hydrogen-bond acceptors (Lipinski definition) is 6. The van der Waals surface area contributed by atoms with Crippen LogP contribution in [0.3, 0.4) is 0 Å². The number of nitrogens with zero attached hydrogens (tertiary/aromatic N) is 2. The highest BCUT2D eigenvalue weighted by molar-refractivity contribution is 7.10. The number of anilines is 3. The number of urea groups is 1. The molecule has 0 saturated carbocycles. The minimum Gasteiger partial charge on any atom is -0.320 e. The highest BCUT2D eigenvalue weighted by atomic mass is 32.1. The number of Topliss-reactive ketones (excluding diaryl/α,β-unsaturated/α-hetero) is 1. The summed E-state index contributed by atoms with van der Waals surface area (Å²) in [6, 6.07) is 14.8. The second-order valence-electron chi connectivity index (χ2n) is 5.48. The van der Waals surface area contributed by atoms with Gasteiger partial charge in [-0.25, -0.2) is 4.79 Å². The molecule has 0 aliphatic heterocycles. The number of carbonyl (C=O) groups is 3. The van der Waals surface area contributed by atoms with E-state index in [1.165, 1.54) is 6.92 Å². The third kappa shape index (κ3) is 4.73. The minimum atomic E-state index is -0.519. The van der Waals surface area contributed by atoms with Crippen LogP contribution in [-0.4, -0.2) is 27.3 Å². The number of benzene rings is 2. The third-order valence-corrected chi connectivity index (χ3v) is 4.15. The lowest BCUT2D eigenvalue weighted by molar-refractivity contribution is 0.101. The van der Waals surface area contributed by atoms with Crippen molar-refractivity contribution >= 4 is 45.6 Å². The molecule has 0 aliphatic carbocycles. The molecular weight excluding hydrogens is 366 g/mol. The summed E-state index contributed by atoms with van der Waals surface area (Å²) < 4.78 is 3.73. The fraction of sp³-hybridized carbons (Fsp3) is 0.0556. The maximum atomic E-state index is 12.4. The zero-order valence-corrected chi connectivity index (χ0v) is 15.0. The first-order valence-electron chi connectivity index (χ1n) is 7.90. The molecule has 0 fully saturated rings. The highest BCUT2D eigenvalue weighted by Crippen LogP contribution is 2.20. The van der Waals surface area contributed by atoms with Crippen molar-refractivity contribution in [1.29, 1.82) is 0 Å². The number of ketones is 1. The molecule has 0 spiro atoms. The number of aromatic nitrogens is 2. The van der Waals surface area contributed by atoms with Crippen molar-refractivity contribution in [1.82, 2.24) is 9.59 Å². The van der Waals surface area contributed by atoms with Gasteiger partial charge in [-0.05, 0) is 43.3 Å². The Hall–Kier alpha value is -3.59. The van der Waals surface area contributed by atoms with Crippen molar-refractivity contribution in [2.45, 2.75) is 6.92 Å². The second kappa shape index (κ2) is 8.19. The Morgan fingerprint density at radius 3 is 2.19 bits per heavy atom.